The number of nitrogens with zero attached hydrogens (tertiary/aromatic N) is 2. The van der Waals surface area contributed by atoms with E-state index in [0.29, 0.717) is 5.78 Å². The summed E-state index contributed by atoms with van der Waals surface area (Å²) in [5.41, 5.74) is 0. The van der Waals surface area contributed by atoms with Crippen LogP contribution in [0.15, 0.2) is 0 Å². The molecule has 1 atom stereocenters. The van der Waals surface area contributed by atoms with Crippen LogP contribution in [0.1, 0.15) is 26.2 Å². The van der Waals surface area contributed by atoms with Gasteiger partial charge in [-0.05, 0) is 0 Å². The van der Waals surface area contributed by atoms with Crippen LogP contribution < -0.4 is 30.1 Å². The number of carbonyl (C=O) groups is 1. The van der Waals surface area contributed by atoms with Gasteiger partial charge in [0.25, 0.3) is 0 Å². The molecule has 0 amide bonds. The van der Waals surface area contributed by atoms with Crippen LogP contribution >= 0.6 is 0 Å². The summed E-state index contributed by atoms with van der Waals surface area (Å²) >= 11 is 2.07. The smallest absolute Gasteiger partial charge is 1.00 e. The third kappa shape index (κ3) is 9.40. The fraction of sp³-hybridized carbons (Fsp3) is 0.917. The van der Waals surface area contributed by atoms with E-state index in [-0.39, 0.29) is 30.9 Å². The van der Waals surface area contributed by atoms with Gasteiger partial charge in [-0.3, -0.25) is 0 Å². The molecule has 0 radical (unpaired) electrons. The van der Waals surface area contributed by atoms with Crippen LogP contribution in [0, 0.1) is 0 Å². The Morgan fingerprint density at radius 3 is 2.42 bits per heavy atom. The van der Waals surface area contributed by atoms with Gasteiger partial charge in [0.1, 0.15) is 0 Å². The first-order chi connectivity index (χ1) is 8.11. The minimum absolute atomic E-state index is 0. The van der Waals surface area contributed by atoms with Crippen LogP contribution in [0.2, 0.25) is 0 Å². The van der Waals surface area contributed by atoms with E-state index in [4.69, 9.17) is 0 Å². The molecule has 0 aromatic heterocycles. The maximum absolute atomic E-state index is 11.6. The van der Waals surface area contributed by atoms with E-state index in [9.17, 15) is 4.79 Å². The molecule has 0 aromatic rings. The van der Waals surface area contributed by atoms with E-state index in [0.717, 1.165) is 45.6 Å². The second kappa shape index (κ2) is 12.6. The van der Waals surface area contributed by atoms with Gasteiger partial charge in [-0.1, -0.05) is 0 Å². The van der Waals surface area contributed by atoms with Gasteiger partial charge >= 0.3 is 117 Å². The molecular formula is C12H24Cl2N3OTi. The van der Waals surface area contributed by atoms with Gasteiger partial charge in [0, 0.05) is 0 Å². The number of hydrogen-bond acceptors (Lipinski definition) is 4. The molecule has 111 valence electrons. The molecule has 4 nitrogen and oxygen atoms in total. The average molecular weight is 345 g/mol. The van der Waals surface area contributed by atoms with Gasteiger partial charge in [0.15, 0.2) is 0 Å². The fourth-order valence-electron chi connectivity index (χ4n) is 2.19. The molecule has 19 heavy (non-hydrogen) atoms. The van der Waals surface area contributed by atoms with E-state index in [1.807, 2.05) is 0 Å². The molecule has 1 N–H and O–H groups in total. The number of nitrogens with one attached hydrogen (secondary N) is 1. The van der Waals surface area contributed by atoms with Gasteiger partial charge in [-0.15, -0.1) is 0 Å². The number of halogens is 2. The van der Waals surface area contributed by atoms with Crippen molar-refractivity contribution in [1.82, 2.24) is 13.6 Å². The summed E-state index contributed by atoms with van der Waals surface area (Å²) in [7, 11) is 2.17. The van der Waals surface area contributed by atoms with Gasteiger partial charge in [-0.25, -0.2) is 0 Å². The van der Waals surface area contributed by atoms with Crippen molar-refractivity contribution in [3.8, 4) is 0 Å². The maximum atomic E-state index is 11.6. The molecule has 1 unspecified atom stereocenters. The minimum atomic E-state index is 0. The van der Waals surface area contributed by atoms with Gasteiger partial charge in [-0.2, -0.15) is 0 Å². The van der Waals surface area contributed by atoms with E-state index in [1.54, 1.807) is 6.92 Å². The van der Waals surface area contributed by atoms with E-state index in [1.165, 1.54) is 6.42 Å². The molecule has 0 saturated carbocycles. The Hall–Kier alpha value is 0.844. The average Bonchev–Trinajstić information content (AvgIpc) is 2.25. The molecule has 1 aliphatic rings. The molecule has 0 aromatic carbocycles. The molecule has 1 saturated heterocycles. The summed E-state index contributed by atoms with van der Waals surface area (Å²) in [6.45, 7) is 6.99. The Labute approximate surface area is 141 Å². The van der Waals surface area contributed by atoms with Crippen molar-refractivity contribution in [2.75, 3.05) is 39.8 Å². The standard InChI is InChI=1S/C12H24N3O.2ClH.Ti/c1-11(16)12-5-8-13-6-3-9-15(2)10-4-7-14-12;;;/h12-13H,3-10H2,1-2H3;2*1H;/q-1;;;+3/p-2. The quantitative estimate of drug-likeness (QED) is 0.481. The summed E-state index contributed by atoms with van der Waals surface area (Å²) in [6, 6.07) is 0.0900. The minimum Gasteiger partial charge on any atom is -1.00 e. The van der Waals surface area contributed by atoms with E-state index < -0.39 is 0 Å². The van der Waals surface area contributed by atoms with Crippen molar-refractivity contribution in [1.29, 1.82) is 0 Å². The normalized spacial score (nSPS) is 24.3. The number of Topliss-reactive ketones (excluding diaryl/α,β-unsaturated/α-hetero) is 1. The SMILES string of the molecule is CC(=O)C1CCNCCCN(C)CCC[N]1[Ti+2].[Cl-].[Cl-]. The van der Waals surface area contributed by atoms with Crippen LogP contribution in [0.4, 0.5) is 0 Å². The predicted molar refractivity (Wildman–Crippen MR) is 65.4 cm³/mol. The Balaban J connectivity index is 0. The number of rotatable bonds is 1. The summed E-state index contributed by atoms with van der Waals surface area (Å²) in [5.74, 6) is 0.291. The van der Waals surface area contributed by atoms with E-state index in [2.05, 4.69) is 41.3 Å². The third-order valence-corrected chi connectivity index (χ3v) is 4.11. The van der Waals surface area contributed by atoms with Crippen molar-refractivity contribution in [3.63, 3.8) is 0 Å². The first-order valence-electron chi connectivity index (χ1n) is 6.49. The molecule has 0 spiro atoms. The molecule has 1 fully saturated rings. The molecule has 0 aliphatic carbocycles. The monoisotopic (exact) mass is 344 g/mol. The summed E-state index contributed by atoms with van der Waals surface area (Å²) in [5, 5.41) is 3.42. The Kier molecular flexibility index (Phi) is 14.6. The van der Waals surface area contributed by atoms with Crippen LogP contribution in [0.5, 0.6) is 0 Å². The van der Waals surface area contributed by atoms with Crippen LogP contribution in [0.25, 0.3) is 0 Å². The topological polar surface area (TPSA) is 35.6 Å². The second-order valence-electron chi connectivity index (χ2n) is 4.87. The van der Waals surface area contributed by atoms with Crippen LogP contribution in [-0.2, 0) is 25.5 Å². The zero-order chi connectivity index (χ0) is 12.7. The first-order valence-corrected chi connectivity index (χ1v) is 7.18. The predicted octanol–water partition coefficient (Wildman–Crippen LogP) is -5.58. The third-order valence-electron chi connectivity index (χ3n) is 3.27. The van der Waals surface area contributed by atoms with Crippen molar-refractivity contribution in [2.24, 2.45) is 0 Å². The Morgan fingerprint density at radius 1 is 1.16 bits per heavy atom. The molecule has 0 bridgehead atoms. The summed E-state index contributed by atoms with van der Waals surface area (Å²) in [6.07, 6.45) is 3.27. The largest absolute Gasteiger partial charge is 1.00 e. The van der Waals surface area contributed by atoms with Crippen LogP contribution in [-0.4, -0.2) is 59.9 Å². The fourth-order valence-corrected chi connectivity index (χ4v) is 2.93. The van der Waals surface area contributed by atoms with E-state index >= 15 is 0 Å². The second-order valence-corrected chi connectivity index (χ2v) is 5.77. The number of ketones is 1. The number of carbonyl (C=O) groups excluding carboxylic acids is 1. The van der Waals surface area contributed by atoms with Crippen LogP contribution in [0.3, 0.4) is 0 Å². The maximum Gasteiger partial charge on any atom is -1.00 e. The first kappa shape index (κ1) is 22.1. The van der Waals surface area contributed by atoms with Gasteiger partial charge in [0.05, 0.1) is 0 Å². The molecule has 1 heterocycles. The zero-order valence-electron chi connectivity index (χ0n) is 11.8. The molecule has 7 heteroatoms. The van der Waals surface area contributed by atoms with Gasteiger partial charge < -0.3 is 24.8 Å². The zero-order valence-corrected chi connectivity index (χ0v) is 14.9. The Bertz CT molecular complexity index is 247. The van der Waals surface area contributed by atoms with Crippen molar-refractivity contribution < 1.29 is 50.3 Å². The van der Waals surface area contributed by atoms with Crippen molar-refractivity contribution in [2.45, 2.75) is 32.2 Å². The van der Waals surface area contributed by atoms with Crippen molar-refractivity contribution >= 4 is 5.78 Å². The summed E-state index contributed by atoms with van der Waals surface area (Å²) < 4.78 is 2.21. The molecule has 1 aliphatic heterocycles. The Morgan fingerprint density at radius 2 is 1.79 bits per heavy atom. The van der Waals surface area contributed by atoms with Crippen molar-refractivity contribution in [3.05, 3.63) is 0 Å². The number of hydrogen-bond donors (Lipinski definition) is 1. The molecule has 1 rings (SSSR count). The molecular weight excluding hydrogens is 321 g/mol. The van der Waals surface area contributed by atoms with Gasteiger partial charge in [0.2, 0.25) is 0 Å². The summed E-state index contributed by atoms with van der Waals surface area (Å²) in [4.78, 5) is 14.0.